The van der Waals surface area contributed by atoms with E-state index in [-0.39, 0.29) is 0 Å². The van der Waals surface area contributed by atoms with Crippen LogP contribution in [0.1, 0.15) is 12.8 Å². The van der Waals surface area contributed by atoms with Gasteiger partial charge in [0, 0.05) is 61.3 Å². The van der Waals surface area contributed by atoms with Crippen LogP contribution >= 0.6 is 0 Å². The van der Waals surface area contributed by atoms with Crippen molar-refractivity contribution < 1.29 is 9.90 Å². The van der Waals surface area contributed by atoms with Crippen molar-refractivity contribution in [3.05, 3.63) is 78.9 Å². The van der Waals surface area contributed by atoms with Crippen LogP contribution in [0, 0.1) is 5.92 Å². The number of nitrogens with zero attached hydrogens (tertiary/aromatic N) is 3. The molecule has 2 aromatic heterocycles. The topological polar surface area (TPSA) is 84.5 Å². The smallest absolute Gasteiger partial charge is 0.335 e. The number of H-pyrrole nitrogens is 1. The van der Waals surface area contributed by atoms with Crippen molar-refractivity contribution in [1.29, 1.82) is 0 Å². The maximum atomic E-state index is 12.0. The molecule has 3 aromatic rings. The molecule has 5 rings (SSSR count). The Bertz CT molecular complexity index is 1150. The zero-order chi connectivity index (χ0) is 21.9. The van der Waals surface area contributed by atoms with Crippen LogP contribution in [-0.2, 0) is 4.79 Å². The Morgan fingerprint density at radius 3 is 2.72 bits per heavy atom. The Balaban J connectivity index is 1.28. The maximum Gasteiger partial charge on any atom is 0.335 e. The third kappa shape index (κ3) is 4.11. The first-order chi connectivity index (χ1) is 15.7. The van der Waals surface area contributed by atoms with Crippen LogP contribution in [-0.4, -0.2) is 46.8 Å². The molecule has 4 heterocycles. The first-order valence-corrected chi connectivity index (χ1v) is 11.0. The monoisotopic (exact) mass is 429 g/mol. The average Bonchev–Trinajstić information content (AvgIpc) is 3.31. The Kier molecular flexibility index (Phi) is 5.64. The lowest BCUT2D eigenvalue weighted by atomic mass is 9.96. The van der Waals surface area contributed by atoms with E-state index in [9.17, 15) is 9.90 Å². The van der Waals surface area contributed by atoms with E-state index < -0.39 is 12.1 Å². The molecule has 7 heteroatoms. The number of piperidine rings is 1. The lowest BCUT2D eigenvalue weighted by Crippen LogP contribution is -2.50. The predicted molar refractivity (Wildman–Crippen MR) is 127 cm³/mol. The molecule has 1 atom stereocenters. The van der Waals surface area contributed by atoms with Gasteiger partial charge in [-0.15, -0.1) is 0 Å². The molecule has 164 valence electrons. The van der Waals surface area contributed by atoms with Gasteiger partial charge in [0.15, 0.2) is 0 Å². The van der Waals surface area contributed by atoms with Gasteiger partial charge >= 0.3 is 5.97 Å². The molecule has 7 nitrogen and oxygen atoms in total. The van der Waals surface area contributed by atoms with E-state index in [4.69, 9.17) is 0 Å². The molecule has 2 aliphatic heterocycles. The molecular weight excluding hydrogens is 402 g/mol. The van der Waals surface area contributed by atoms with E-state index in [2.05, 4.69) is 44.5 Å². The molecule has 0 spiro atoms. The van der Waals surface area contributed by atoms with Gasteiger partial charge in [-0.3, -0.25) is 10.3 Å². The highest BCUT2D eigenvalue weighted by atomic mass is 16.4. The fourth-order valence-corrected chi connectivity index (χ4v) is 4.62. The van der Waals surface area contributed by atoms with E-state index in [1.54, 1.807) is 12.2 Å². The van der Waals surface area contributed by atoms with E-state index in [1.807, 2.05) is 41.8 Å². The minimum absolute atomic E-state index is 0.355. The highest BCUT2D eigenvalue weighted by molar-refractivity contribution is 5.90. The number of nitrogens with one attached hydrogen (secondary N) is 2. The number of carboxylic acids is 1. The second-order valence-electron chi connectivity index (χ2n) is 8.37. The van der Waals surface area contributed by atoms with Crippen LogP contribution in [0.3, 0.4) is 0 Å². The average molecular weight is 430 g/mol. The summed E-state index contributed by atoms with van der Waals surface area (Å²) in [6.45, 7) is 2.76. The minimum atomic E-state index is -0.898. The lowest BCUT2D eigenvalue weighted by Gasteiger charge is -2.37. The van der Waals surface area contributed by atoms with Gasteiger partial charge in [0.1, 0.15) is 6.17 Å². The van der Waals surface area contributed by atoms with Crippen LogP contribution in [0.25, 0.3) is 10.9 Å². The summed E-state index contributed by atoms with van der Waals surface area (Å²) in [6.07, 6.45) is 12.7. The number of carboxylic acid groups (broad SMARTS) is 1. The second-order valence-corrected chi connectivity index (χ2v) is 8.37. The molecule has 1 fully saturated rings. The number of rotatable bonds is 6. The third-order valence-corrected chi connectivity index (χ3v) is 6.42. The summed E-state index contributed by atoms with van der Waals surface area (Å²) in [6, 6.07) is 12.3. The van der Waals surface area contributed by atoms with Gasteiger partial charge in [0.2, 0.25) is 0 Å². The molecule has 32 heavy (non-hydrogen) atoms. The summed E-state index contributed by atoms with van der Waals surface area (Å²) in [5, 5.41) is 14.5. The highest BCUT2D eigenvalue weighted by Crippen LogP contribution is 2.28. The molecule has 0 aliphatic carbocycles. The molecule has 3 N–H and O–H groups in total. The first-order valence-electron chi connectivity index (χ1n) is 11.0. The van der Waals surface area contributed by atoms with Gasteiger partial charge in [-0.05, 0) is 66.6 Å². The first kappa shape index (κ1) is 20.3. The largest absolute Gasteiger partial charge is 0.478 e. The van der Waals surface area contributed by atoms with Crippen molar-refractivity contribution in [2.45, 2.75) is 19.0 Å². The fraction of sp³-hybridized carbons (Fsp3) is 0.280. The van der Waals surface area contributed by atoms with Gasteiger partial charge in [-0.25, -0.2) is 4.79 Å². The molecule has 2 aliphatic rings. The van der Waals surface area contributed by atoms with Crippen molar-refractivity contribution in [1.82, 2.24) is 15.3 Å². The zero-order valence-corrected chi connectivity index (χ0v) is 17.8. The highest BCUT2D eigenvalue weighted by Gasteiger charge is 2.29. The van der Waals surface area contributed by atoms with Crippen molar-refractivity contribution in [3.8, 4) is 0 Å². The Morgan fingerprint density at radius 1 is 1.12 bits per heavy atom. The number of pyridine rings is 1. The SMILES string of the molecule is O=C(O)C1=CC=CN(c2ccc3cc[nH]c3c2)C1NCC1CCN(c2ccncc2)CC1. The number of benzene rings is 1. The van der Waals surface area contributed by atoms with Crippen LogP contribution in [0.2, 0.25) is 0 Å². The number of carbonyl (C=O) groups is 1. The van der Waals surface area contributed by atoms with Gasteiger partial charge < -0.3 is 19.9 Å². The molecule has 1 aromatic carbocycles. The van der Waals surface area contributed by atoms with Crippen molar-refractivity contribution in [3.63, 3.8) is 0 Å². The number of aliphatic carboxylic acids is 1. The van der Waals surface area contributed by atoms with Gasteiger partial charge in [-0.2, -0.15) is 0 Å². The fourth-order valence-electron chi connectivity index (χ4n) is 4.62. The number of fused-ring (bicyclic) bond motifs is 1. The molecule has 1 unspecified atom stereocenters. The summed E-state index contributed by atoms with van der Waals surface area (Å²) >= 11 is 0. The maximum absolute atomic E-state index is 12.0. The second kappa shape index (κ2) is 8.88. The summed E-state index contributed by atoms with van der Waals surface area (Å²) in [7, 11) is 0. The Labute approximate surface area is 187 Å². The lowest BCUT2D eigenvalue weighted by molar-refractivity contribution is -0.133. The van der Waals surface area contributed by atoms with Crippen LogP contribution in [0.15, 0.2) is 78.9 Å². The number of anilines is 2. The minimum Gasteiger partial charge on any atom is -0.478 e. The number of aromatic amines is 1. The zero-order valence-electron chi connectivity index (χ0n) is 17.8. The van der Waals surface area contributed by atoms with Gasteiger partial charge in [0.05, 0.1) is 5.57 Å². The molecule has 0 radical (unpaired) electrons. The van der Waals surface area contributed by atoms with Crippen LogP contribution < -0.4 is 15.1 Å². The van der Waals surface area contributed by atoms with Gasteiger partial charge in [-0.1, -0.05) is 6.07 Å². The summed E-state index contributed by atoms with van der Waals surface area (Å²) in [5.41, 5.74) is 3.55. The summed E-state index contributed by atoms with van der Waals surface area (Å²) < 4.78 is 0. The van der Waals surface area contributed by atoms with Crippen molar-refractivity contribution >= 4 is 28.2 Å². The number of aromatic nitrogens is 2. The molecule has 0 saturated carbocycles. The predicted octanol–water partition coefficient (Wildman–Crippen LogP) is 3.74. The quantitative estimate of drug-likeness (QED) is 0.554. The van der Waals surface area contributed by atoms with Crippen LogP contribution in [0.5, 0.6) is 0 Å². The molecule has 0 bridgehead atoms. The molecule has 1 saturated heterocycles. The number of hydrogen-bond acceptors (Lipinski definition) is 5. The van der Waals surface area contributed by atoms with E-state index in [1.165, 1.54) is 5.69 Å². The van der Waals surface area contributed by atoms with Gasteiger partial charge in [0.25, 0.3) is 0 Å². The Morgan fingerprint density at radius 2 is 1.94 bits per heavy atom. The van der Waals surface area contributed by atoms with E-state index >= 15 is 0 Å². The normalized spacial score (nSPS) is 19.4. The molecule has 0 amide bonds. The molecular formula is C25H27N5O2. The third-order valence-electron chi connectivity index (χ3n) is 6.42. The summed E-state index contributed by atoms with van der Waals surface area (Å²) in [5.74, 6) is -0.396. The standard InChI is InChI=1S/C25H27N5O2/c31-25(32)22-2-1-13-30(21-4-3-19-5-12-27-23(19)16-21)24(22)28-17-18-8-14-29(15-9-18)20-6-10-26-11-7-20/h1-7,10-13,16,18,24,27-28H,8-9,14-15,17H2,(H,31,32). The van der Waals surface area contributed by atoms with E-state index in [0.717, 1.165) is 49.1 Å². The van der Waals surface area contributed by atoms with E-state index in [0.29, 0.717) is 11.5 Å². The number of hydrogen-bond donors (Lipinski definition) is 3. The number of allylic oxidation sites excluding steroid dienone is 2. The van der Waals surface area contributed by atoms with Crippen LogP contribution in [0.4, 0.5) is 11.4 Å². The summed E-state index contributed by atoms with van der Waals surface area (Å²) in [4.78, 5) is 23.7. The van der Waals surface area contributed by atoms with Crippen molar-refractivity contribution in [2.75, 3.05) is 29.4 Å². The Hall–Kier alpha value is -3.58. The van der Waals surface area contributed by atoms with Crippen molar-refractivity contribution in [2.24, 2.45) is 5.92 Å².